The predicted octanol–water partition coefficient (Wildman–Crippen LogP) is 9.08. The van der Waals surface area contributed by atoms with E-state index in [4.69, 9.17) is 31.0 Å². The first kappa shape index (κ1) is 31.4. The number of methoxy groups -OCH3 is 2. The average molecular weight is 600 g/mol. The van der Waals surface area contributed by atoms with Gasteiger partial charge in [-0.1, -0.05) is 89.4 Å². The monoisotopic (exact) mass is 599 g/mol. The summed E-state index contributed by atoms with van der Waals surface area (Å²) in [7, 11) is 1.43. The van der Waals surface area contributed by atoms with Gasteiger partial charge in [0, 0.05) is 18.7 Å². The topological polar surface area (TPSA) is 47.5 Å². The number of hydrogen-bond donors (Lipinski definition) is 0. The van der Waals surface area contributed by atoms with Gasteiger partial charge in [0.1, 0.15) is 24.7 Å². The molecule has 0 unspecified atom stereocenters. The molecule has 4 rings (SSSR count). The maximum absolute atomic E-state index is 6.97. The number of halogens is 1. The summed E-state index contributed by atoms with van der Waals surface area (Å²) >= 11 is 6.97. The third-order valence-corrected chi connectivity index (χ3v) is 14.9. The quantitative estimate of drug-likeness (QED) is 0.103. The normalized spacial score (nSPS) is 11.6. The van der Waals surface area contributed by atoms with Crippen LogP contribution in [0.4, 0.5) is 5.95 Å². The van der Waals surface area contributed by atoms with E-state index >= 15 is 0 Å². The molecule has 5 nitrogen and oxygen atoms in total. The van der Waals surface area contributed by atoms with Crippen molar-refractivity contribution < 1.29 is 9.47 Å². The predicted molar refractivity (Wildman–Crippen MR) is 178 cm³/mol. The van der Waals surface area contributed by atoms with Crippen LogP contribution in [0.2, 0.25) is 21.8 Å². The Morgan fingerprint density at radius 1 is 0.738 bits per heavy atom. The number of benzene rings is 3. The zero-order chi connectivity index (χ0) is 30.4. The molecule has 0 aliphatic rings. The van der Waals surface area contributed by atoms with Gasteiger partial charge < -0.3 is 14.4 Å². The Morgan fingerprint density at radius 2 is 1.24 bits per heavy atom. The third kappa shape index (κ3) is 6.75. The zero-order valence-electron chi connectivity index (χ0n) is 26.0. The van der Waals surface area contributed by atoms with Gasteiger partial charge in [-0.05, 0) is 64.1 Å². The molecule has 0 bridgehead atoms. The van der Waals surface area contributed by atoms with Gasteiger partial charge in [0.25, 0.3) is 0 Å². The van der Waals surface area contributed by atoms with Crippen LogP contribution >= 0.6 is 11.6 Å². The number of anilines is 1. The third-order valence-electron chi connectivity index (χ3n) is 8.29. The summed E-state index contributed by atoms with van der Waals surface area (Å²) in [5.74, 6) is 5.78. The molecule has 7 heteroatoms. The highest BCUT2D eigenvalue weighted by atomic mass is 35.5. The van der Waals surface area contributed by atoms with Crippen molar-refractivity contribution in [1.82, 2.24) is 9.97 Å². The minimum absolute atomic E-state index is 0.417. The van der Waals surface area contributed by atoms with Crippen LogP contribution in [0.3, 0.4) is 0 Å². The van der Waals surface area contributed by atoms with Crippen LogP contribution < -0.4 is 14.4 Å². The van der Waals surface area contributed by atoms with Crippen molar-refractivity contribution in [2.45, 2.75) is 71.3 Å². The van der Waals surface area contributed by atoms with E-state index in [1.54, 1.807) is 14.2 Å². The van der Waals surface area contributed by atoms with Crippen LogP contribution in [0.1, 0.15) is 58.2 Å². The van der Waals surface area contributed by atoms with Crippen LogP contribution in [-0.2, 0) is 13.1 Å². The van der Waals surface area contributed by atoms with Crippen LogP contribution in [0.25, 0.3) is 10.9 Å². The summed E-state index contributed by atoms with van der Waals surface area (Å²) in [5.41, 5.74) is 9.37. The van der Waals surface area contributed by atoms with Crippen molar-refractivity contribution in [3.8, 4) is 23.0 Å². The average Bonchev–Trinajstić information content (AvgIpc) is 2.97. The Labute approximate surface area is 257 Å². The first-order valence-corrected chi connectivity index (χ1v) is 17.2. The number of aromatic nitrogens is 2. The van der Waals surface area contributed by atoms with Crippen molar-refractivity contribution in [2.75, 3.05) is 19.1 Å². The molecule has 0 amide bonds. The van der Waals surface area contributed by atoms with E-state index in [1.807, 2.05) is 42.5 Å². The van der Waals surface area contributed by atoms with E-state index in [1.165, 1.54) is 0 Å². The van der Waals surface area contributed by atoms with Crippen LogP contribution in [0, 0.1) is 11.5 Å². The zero-order valence-corrected chi connectivity index (χ0v) is 27.8. The molecule has 0 radical (unpaired) electrons. The van der Waals surface area contributed by atoms with Gasteiger partial charge in [-0.3, -0.25) is 0 Å². The van der Waals surface area contributed by atoms with E-state index in [-0.39, 0.29) is 0 Å². The van der Waals surface area contributed by atoms with Gasteiger partial charge in [-0.15, -0.1) is 5.54 Å². The molecule has 3 aromatic carbocycles. The summed E-state index contributed by atoms with van der Waals surface area (Å²) in [6.07, 6.45) is 0. The Balaban J connectivity index is 1.78. The number of ether oxygens (including phenoxy) is 2. The Bertz CT molecular complexity index is 1490. The van der Waals surface area contributed by atoms with Gasteiger partial charge in [0.2, 0.25) is 5.95 Å². The van der Waals surface area contributed by atoms with Gasteiger partial charge in [0.05, 0.1) is 25.1 Å². The summed E-state index contributed by atoms with van der Waals surface area (Å²) in [6, 6.07) is 22.2. The maximum Gasteiger partial charge on any atom is 0.227 e. The molecule has 0 saturated carbocycles. The van der Waals surface area contributed by atoms with Crippen molar-refractivity contribution in [3.05, 3.63) is 88.6 Å². The second-order valence-corrected chi connectivity index (χ2v) is 17.7. The molecular weight excluding hydrogens is 558 g/mol. The van der Waals surface area contributed by atoms with Crippen LogP contribution in [0.5, 0.6) is 11.5 Å². The largest absolute Gasteiger partial charge is 0.497 e. The molecule has 0 N–H and O–H groups in total. The molecule has 0 fully saturated rings. The Hall–Kier alpha value is -3.53. The molecule has 0 saturated heterocycles. The summed E-state index contributed by atoms with van der Waals surface area (Å²) in [6.45, 7) is 15.2. The number of fused-ring (bicyclic) bond motifs is 1. The lowest BCUT2D eigenvalue weighted by Gasteiger charge is -2.38. The number of rotatable bonds is 10. The molecule has 0 atom stereocenters. The lowest BCUT2D eigenvalue weighted by Crippen LogP contribution is -2.43. The SMILES string of the molecule is COc1ccc(CN(Cc2ccc(OC)cc2)c2nc(Cl)c3c(C#C[Si](C(C)C)(C(C)C)C(C)C)cccc3n2)cc1. The molecular formula is C35H42ClN3O2Si. The maximum atomic E-state index is 6.97. The first-order valence-electron chi connectivity index (χ1n) is 14.6. The Morgan fingerprint density at radius 3 is 1.69 bits per heavy atom. The highest BCUT2D eigenvalue weighted by molar-refractivity contribution is 6.90. The number of hydrogen-bond acceptors (Lipinski definition) is 5. The van der Waals surface area contributed by atoms with Crippen molar-refractivity contribution in [2.24, 2.45) is 0 Å². The van der Waals surface area contributed by atoms with Crippen molar-refractivity contribution in [1.29, 1.82) is 0 Å². The second-order valence-electron chi connectivity index (χ2n) is 11.7. The van der Waals surface area contributed by atoms with E-state index in [9.17, 15) is 0 Å². The smallest absolute Gasteiger partial charge is 0.227 e. The molecule has 0 aliphatic carbocycles. The summed E-state index contributed by atoms with van der Waals surface area (Å²) in [5, 5.41) is 1.23. The molecule has 1 aromatic heterocycles. The van der Waals surface area contributed by atoms with Crippen molar-refractivity contribution in [3.63, 3.8) is 0 Å². The first-order chi connectivity index (χ1) is 20.1. The summed E-state index contributed by atoms with van der Waals surface area (Å²) < 4.78 is 10.7. The molecule has 0 aliphatic heterocycles. The fourth-order valence-electron chi connectivity index (χ4n) is 6.08. The van der Waals surface area contributed by atoms with E-state index in [0.29, 0.717) is 40.8 Å². The highest BCUT2D eigenvalue weighted by Crippen LogP contribution is 2.41. The minimum Gasteiger partial charge on any atom is -0.497 e. The lowest BCUT2D eigenvalue weighted by molar-refractivity contribution is 0.414. The van der Waals surface area contributed by atoms with Gasteiger partial charge >= 0.3 is 0 Å². The summed E-state index contributed by atoms with van der Waals surface area (Å²) in [4.78, 5) is 12.0. The fourth-order valence-corrected chi connectivity index (χ4v) is 11.6. The van der Waals surface area contributed by atoms with Gasteiger partial charge in [0.15, 0.2) is 0 Å². The van der Waals surface area contributed by atoms with E-state index in [2.05, 4.69) is 82.2 Å². The van der Waals surface area contributed by atoms with Crippen LogP contribution in [0.15, 0.2) is 66.7 Å². The fraction of sp³-hybridized carbons (Fsp3) is 0.371. The van der Waals surface area contributed by atoms with E-state index in [0.717, 1.165) is 39.1 Å². The molecule has 42 heavy (non-hydrogen) atoms. The lowest BCUT2D eigenvalue weighted by atomic mass is 10.1. The second kappa shape index (κ2) is 13.6. The molecule has 1 heterocycles. The molecule has 0 spiro atoms. The standard InChI is InChI=1S/C35H42ClN3O2Si/c1-24(2)42(25(3)4,26(5)6)21-20-29-10-9-11-32-33(29)34(36)38-35(37-32)39(22-27-12-16-30(40-7)17-13-27)23-28-14-18-31(41-8)19-15-28/h9-19,24-26H,22-23H2,1-8H3. The van der Waals surface area contributed by atoms with Gasteiger partial charge in [-0.25, -0.2) is 9.97 Å². The van der Waals surface area contributed by atoms with Crippen molar-refractivity contribution >= 4 is 36.5 Å². The molecule has 220 valence electrons. The molecule has 4 aromatic rings. The van der Waals surface area contributed by atoms with Gasteiger partial charge in [-0.2, -0.15) is 0 Å². The van der Waals surface area contributed by atoms with Crippen LogP contribution in [-0.4, -0.2) is 32.3 Å². The Kier molecular flexibility index (Phi) is 10.2. The highest BCUT2D eigenvalue weighted by Gasteiger charge is 2.41. The van der Waals surface area contributed by atoms with E-state index < -0.39 is 8.07 Å². The minimum atomic E-state index is -1.92. The number of nitrogens with zero attached hydrogens (tertiary/aromatic N) is 3.